The summed E-state index contributed by atoms with van der Waals surface area (Å²) in [5.74, 6) is 2.34. The van der Waals surface area contributed by atoms with E-state index in [2.05, 4.69) is 29.3 Å². The van der Waals surface area contributed by atoms with Crippen LogP contribution in [-0.2, 0) is 9.53 Å². The van der Waals surface area contributed by atoms with Crippen molar-refractivity contribution >= 4 is 17.7 Å². The monoisotopic (exact) mass is 412 g/mol. The highest BCUT2D eigenvalue weighted by Gasteiger charge is 2.19. The van der Waals surface area contributed by atoms with E-state index >= 15 is 0 Å². The predicted molar refractivity (Wildman–Crippen MR) is 111 cm³/mol. The summed E-state index contributed by atoms with van der Waals surface area (Å²) in [5.41, 5.74) is 2.15. The number of thioether (sulfide) groups is 1. The number of carbonyl (C=O) groups excluding carboxylic acids is 1. The van der Waals surface area contributed by atoms with Crippen LogP contribution in [0.5, 0.6) is 0 Å². The van der Waals surface area contributed by atoms with Gasteiger partial charge in [-0.05, 0) is 43.2 Å². The normalized spacial score (nSPS) is 14.3. The first-order valence-electron chi connectivity index (χ1n) is 9.77. The number of aromatic nitrogens is 3. The Morgan fingerprint density at radius 2 is 2.03 bits per heavy atom. The standard InChI is InChI=1S/C21H24N4O3S/c1-16-5-2-6-17(15-16)25-20(18-7-3-11-28-18)22-23-21(25)29-14-4-8-19(26)24-9-12-27-13-10-24/h2-3,5-7,11,15H,4,8-10,12-14H2,1H3. The maximum absolute atomic E-state index is 12.3. The van der Waals surface area contributed by atoms with Crippen molar-refractivity contribution in [3.8, 4) is 17.3 Å². The Kier molecular flexibility index (Phi) is 6.31. The molecule has 2 aromatic heterocycles. The Hall–Kier alpha value is -2.58. The van der Waals surface area contributed by atoms with Crippen molar-refractivity contribution < 1.29 is 13.9 Å². The van der Waals surface area contributed by atoms with Gasteiger partial charge < -0.3 is 14.1 Å². The summed E-state index contributed by atoms with van der Waals surface area (Å²) >= 11 is 1.61. The largest absolute Gasteiger partial charge is 0.461 e. The maximum Gasteiger partial charge on any atom is 0.222 e. The number of amides is 1. The van der Waals surface area contributed by atoms with Gasteiger partial charge in [0, 0.05) is 25.3 Å². The third kappa shape index (κ3) is 4.71. The molecule has 0 unspecified atom stereocenters. The summed E-state index contributed by atoms with van der Waals surface area (Å²) in [5, 5.41) is 9.54. The minimum absolute atomic E-state index is 0.199. The van der Waals surface area contributed by atoms with Gasteiger partial charge in [0.1, 0.15) is 0 Å². The summed E-state index contributed by atoms with van der Waals surface area (Å²) in [6.07, 6.45) is 2.96. The first-order valence-corrected chi connectivity index (χ1v) is 10.8. The second-order valence-electron chi connectivity index (χ2n) is 6.90. The van der Waals surface area contributed by atoms with Crippen molar-refractivity contribution in [2.75, 3.05) is 32.1 Å². The fourth-order valence-corrected chi connectivity index (χ4v) is 4.18. The molecular formula is C21H24N4O3S. The number of benzene rings is 1. The van der Waals surface area contributed by atoms with Gasteiger partial charge in [-0.1, -0.05) is 23.9 Å². The number of furan rings is 1. The van der Waals surface area contributed by atoms with Crippen molar-refractivity contribution in [3.05, 3.63) is 48.2 Å². The molecule has 0 N–H and O–H groups in total. The van der Waals surface area contributed by atoms with E-state index in [0.29, 0.717) is 44.3 Å². The molecule has 0 spiro atoms. The third-order valence-corrected chi connectivity index (χ3v) is 5.78. The Morgan fingerprint density at radius 1 is 1.17 bits per heavy atom. The minimum atomic E-state index is 0.199. The Labute approximate surface area is 174 Å². The molecular weight excluding hydrogens is 388 g/mol. The third-order valence-electron chi connectivity index (χ3n) is 4.76. The van der Waals surface area contributed by atoms with Gasteiger partial charge in [-0.25, -0.2) is 0 Å². The zero-order valence-corrected chi connectivity index (χ0v) is 17.2. The van der Waals surface area contributed by atoms with Crippen LogP contribution in [0.2, 0.25) is 0 Å². The topological polar surface area (TPSA) is 73.4 Å². The molecule has 1 aliphatic rings. The molecule has 1 amide bonds. The molecule has 3 aromatic rings. The predicted octanol–water partition coefficient (Wildman–Crippen LogP) is 3.57. The molecule has 8 heteroatoms. The van der Waals surface area contributed by atoms with Crippen LogP contribution in [0.3, 0.4) is 0 Å². The van der Waals surface area contributed by atoms with E-state index < -0.39 is 0 Å². The molecule has 0 bridgehead atoms. The van der Waals surface area contributed by atoms with Crippen LogP contribution in [-0.4, -0.2) is 57.6 Å². The first-order chi connectivity index (χ1) is 14.2. The molecule has 7 nitrogen and oxygen atoms in total. The molecule has 0 saturated carbocycles. The van der Waals surface area contributed by atoms with Crippen molar-refractivity contribution in [1.82, 2.24) is 19.7 Å². The van der Waals surface area contributed by atoms with Crippen LogP contribution in [0.1, 0.15) is 18.4 Å². The number of carbonyl (C=O) groups is 1. The number of ether oxygens (including phenoxy) is 1. The second-order valence-corrected chi connectivity index (χ2v) is 7.97. The van der Waals surface area contributed by atoms with Crippen LogP contribution in [0, 0.1) is 6.92 Å². The zero-order valence-electron chi connectivity index (χ0n) is 16.4. The van der Waals surface area contributed by atoms with Crippen molar-refractivity contribution in [3.63, 3.8) is 0 Å². The summed E-state index contributed by atoms with van der Waals surface area (Å²) in [4.78, 5) is 14.2. The molecule has 0 radical (unpaired) electrons. The molecule has 0 aliphatic carbocycles. The van der Waals surface area contributed by atoms with Crippen molar-refractivity contribution in [2.45, 2.75) is 24.9 Å². The van der Waals surface area contributed by atoms with E-state index in [1.54, 1.807) is 18.0 Å². The number of morpholine rings is 1. The van der Waals surface area contributed by atoms with Crippen LogP contribution in [0.25, 0.3) is 17.3 Å². The van der Waals surface area contributed by atoms with Gasteiger partial charge in [0.2, 0.25) is 11.7 Å². The van der Waals surface area contributed by atoms with Gasteiger partial charge in [-0.15, -0.1) is 10.2 Å². The highest BCUT2D eigenvalue weighted by Crippen LogP contribution is 2.29. The van der Waals surface area contributed by atoms with Crippen molar-refractivity contribution in [1.29, 1.82) is 0 Å². The Morgan fingerprint density at radius 3 is 2.79 bits per heavy atom. The Bertz CT molecular complexity index is 949. The van der Waals surface area contributed by atoms with Gasteiger partial charge in [0.15, 0.2) is 10.9 Å². The number of rotatable bonds is 7. The zero-order chi connectivity index (χ0) is 20.1. The van der Waals surface area contributed by atoms with Gasteiger partial charge in [0.25, 0.3) is 0 Å². The molecule has 152 valence electrons. The van der Waals surface area contributed by atoms with Gasteiger partial charge in [-0.2, -0.15) is 0 Å². The SMILES string of the molecule is Cc1cccc(-n2c(SCCCC(=O)N3CCOCC3)nnc2-c2ccco2)c1. The lowest BCUT2D eigenvalue weighted by atomic mass is 10.2. The minimum Gasteiger partial charge on any atom is -0.461 e. The van der Waals surface area contributed by atoms with E-state index in [4.69, 9.17) is 9.15 Å². The number of hydrogen-bond acceptors (Lipinski definition) is 6. The number of hydrogen-bond donors (Lipinski definition) is 0. The second kappa shape index (κ2) is 9.28. The van der Waals surface area contributed by atoms with Crippen LogP contribution in [0.15, 0.2) is 52.2 Å². The van der Waals surface area contributed by atoms with E-state index in [9.17, 15) is 4.79 Å². The number of aryl methyl sites for hydroxylation is 1. The lowest BCUT2D eigenvalue weighted by molar-refractivity contribution is -0.135. The summed E-state index contributed by atoms with van der Waals surface area (Å²) in [7, 11) is 0. The average Bonchev–Trinajstić information content (AvgIpc) is 3.41. The van der Waals surface area contributed by atoms with Gasteiger partial charge in [-0.3, -0.25) is 9.36 Å². The highest BCUT2D eigenvalue weighted by atomic mass is 32.2. The summed E-state index contributed by atoms with van der Waals surface area (Å²) in [6.45, 7) is 4.72. The fraction of sp³-hybridized carbons (Fsp3) is 0.381. The summed E-state index contributed by atoms with van der Waals surface area (Å²) in [6, 6.07) is 11.9. The van der Waals surface area contributed by atoms with Crippen molar-refractivity contribution in [2.24, 2.45) is 0 Å². The van der Waals surface area contributed by atoms with Gasteiger partial charge in [0.05, 0.1) is 25.2 Å². The van der Waals surface area contributed by atoms with Gasteiger partial charge >= 0.3 is 0 Å². The first kappa shape index (κ1) is 19.7. The lowest BCUT2D eigenvalue weighted by Crippen LogP contribution is -2.40. The molecule has 1 aliphatic heterocycles. The average molecular weight is 413 g/mol. The number of nitrogens with zero attached hydrogens (tertiary/aromatic N) is 4. The molecule has 3 heterocycles. The molecule has 0 atom stereocenters. The fourth-order valence-electron chi connectivity index (χ4n) is 3.29. The van der Waals surface area contributed by atoms with E-state index in [1.165, 1.54) is 0 Å². The molecule has 4 rings (SSSR count). The van der Waals surface area contributed by atoms with Crippen LogP contribution in [0.4, 0.5) is 0 Å². The molecule has 1 aromatic carbocycles. The van der Waals surface area contributed by atoms with Crippen LogP contribution >= 0.6 is 11.8 Å². The van der Waals surface area contributed by atoms with E-state index in [-0.39, 0.29) is 5.91 Å². The Balaban J connectivity index is 1.45. The molecule has 29 heavy (non-hydrogen) atoms. The molecule has 1 saturated heterocycles. The maximum atomic E-state index is 12.3. The van der Waals surface area contributed by atoms with E-state index in [1.807, 2.05) is 33.7 Å². The van der Waals surface area contributed by atoms with Crippen LogP contribution < -0.4 is 0 Å². The van der Waals surface area contributed by atoms with E-state index in [0.717, 1.165) is 28.6 Å². The quantitative estimate of drug-likeness (QED) is 0.436. The molecule has 1 fully saturated rings. The smallest absolute Gasteiger partial charge is 0.222 e. The summed E-state index contributed by atoms with van der Waals surface area (Å²) < 4.78 is 12.9. The lowest BCUT2D eigenvalue weighted by Gasteiger charge is -2.26. The highest BCUT2D eigenvalue weighted by molar-refractivity contribution is 7.99.